The molecule has 0 fully saturated rings. The van der Waals surface area contributed by atoms with Crippen molar-refractivity contribution in [2.24, 2.45) is 0 Å². The molecule has 44 heavy (non-hydrogen) atoms. The van der Waals surface area contributed by atoms with Crippen molar-refractivity contribution < 1.29 is 38.5 Å². The van der Waals surface area contributed by atoms with Gasteiger partial charge in [-0.25, -0.2) is 18.8 Å². The Hall–Kier alpha value is -5.25. The van der Waals surface area contributed by atoms with E-state index in [9.17, 15) is 24.6 Å². The average Bonchev–Trinajstić information content (AvgIpc) is 2.96. The third kappa shape index (κ3) is 6.54. The van der Waals surface area contributed by atoms with E-state index in [0.29, 0.717) is 17.0 Å². The van der Waals surface area contributed by atoms with Crippen LogP contribution in [0.15, 0.2) is 66.9 Å². The summed E-state index contributed by atoms with van der Waals surface area (Å²) in [6.45, 7) is 8.63. The molecule has 4 rings (SSSR count). The molecule has 1 aromatic heterocycles. The molecule has 4 aromatic rings. The normalized spacial score (nSPS) is 11.2. The van der Waals surface area contributed by atoms with Crippen molar-refractivity contribution in [2.75, 3.05) is 12.0 Å². The number of anilines is 1. The van der Waals surface area contributed by atoms with E-state index in [0.717, 1.165) is 5.56 Å². The van der Waals surface area contributed by atoms with Gasteiger partial charge in [-0.15, -0.1) is 0 Å². The van der Waals surface area contributed by atoms with Gasteiger partial charge in [0.15, 0.2) is 0 Å². The number of aromatic carboxylic acids is 2. The van der Waals surface area contributed by atoms with Gasteiger partial charge in [0.1, 0.15) is 17.2 Å². The quantitative estimate of drug-likeness (QED) is 0.213. The Morgan fingerprint density at radius 3 is 1.82 bits per heavy atom. The summed E-state index contributed by atoms with van der Waals surface area (Å²) in [5, 5.41) is 19.8. The summed E-state index contributed by atoms with van der Waals surface area (Å²) in [4.78, 5) is 43.9. The minimum Gasteiger partial charge on any atom is -0.496 e. The van der Waals surface area contributed by atoms with Crippen LogP contribution in [0.2, 0.25) is 0 Å². The summed E-state index contributed by atoms with van der Waals surface area (Å²) in [6, 6.07) is 14.5. The van der Waals surface area contributed by atoms with Gasteiger partial charge in [-0.05, 0) is 70.0 Å². The zero-order valence-electron chi connectivity index (χ0n) is 25.3. The minimum atomic E-state index is -1.28. The number of benzene rings is 3. The van der Waals surface area contributed by atoms with Crippen LogP contribution in [0.3, 0.4) is 0 Å². The highest BCUT2D eigenvalue weighted by molar-refractivity contribution is 6.00. The van der Waals surface area contributed by atoms with E-state index in [2.05, 4.69) is 4.98 Å². The lowest BCUT2D eigenvalue weighted by Crippen LogP contribution is -2.37. The second-order valence-corrected chi connectivity index (χ2v) is 11.2. The number of nitrogens with zero attached hydrogens (tertiary/aromatic N) is 2. The maximum Gasteiger partial charge on any atom is 0.415 e. The standard InChI is InChI=1S/C34H33FN2O7/c1-19-17-36-28(20(2)30(19)43-6)18-37(33(42)44-34(3,4)5)21-15-26(22-11-7-9-13-24(22)31(38)39)29(35)27(16-21)23-12-8-10-14-25(23)32(40)41/h7-17H,18H2,1-6H3,(H,38,39)(H,40,41). The van der Waals surface area contributed by atoms with Crippen LogP contribution in [0.1, 0.15) is 58.3 Å². The van der Waals surface area contributed by atoms with Crippen LogP contribution in [0, 0.1) is 19.7 Å². The molecule has 0 spiro atoms. The number of hydrogen-bond acceptors (Lipinski definition) is 6. The summed E-state index contributed by atoms with van der Waals surface area (Å²) >= 11 is 0. The number of amides is 1. The first kappa shape index (κ1) is 31.7. The molecular weight excluding hydrogens is 567 g/mol. The number of rotatable bonds is 8. The van der Waals surface area contributed by atoms with Crippen molar-refractivity contribution in [3.63, 3.8) is 0 Å². The number of aromatic nitrogens is 1. The first-order chi connectivity index (χ1) is 20.7. The highest BCUT2D eigenvalue weighted by atomic mass is 19.1. The Kier molecular flexibility index (Phi) is 9.03. The minimum absolute atomic E-state index is 0.0452. The molecule has 0 radical (unpaired) electrons. The Bertz CT molecular complexity index is 1680. The van der Waals surface area contributed by atoms with Gasteiger partial charge in [-0.3, -0.25) is 9.88 Å². The fourth-order valence-electron chi connectivity index (χ4n) is 4.92. The number of carbonyl (C=O) groups excluding carboxylic acids is 1. The van der Waals surface area contributed by atoms with E-state index < -0.39 is 29.5 Å². The van der Waals surface area contributed by atoms with Crippen molar-refractivity contribution in [3.05, 3.63) is 101 Å². The molecule has 0 bridgehead atoms. The Labute approximate surface area is 254 Å². The third-order valence-electron chi connectivity index (χ3n) is 6.94. The number of ether oxygens (including phenoxy) is 2. The molecule has 0 unspecified atom stereocenters. The molecule has 0 aliphatic heterocycles. The summed E-state index contributed by atoms with van der Waals surface area (Å²) < 4.78 is 27.8. The van der Waals surface area contributed by atoms with Crippen LogP contribution in [0.25, 0.3) is 22.3 Å². The zero-order chi connectivity index (χ0) is 32.3. The fourth-order valence-corrected chi connectivity index (χ4v) is 4.92. The smallest absolute Gasteiger partial charge is 0.415 e. The monoisotopic (exact) mass is 600 g/mol. The summed E-state index contributed by atoms with van der Waals surface area (Å²) in [7, 11) is 1.53. The molecule has 228 valence electrons. The van der Waals surface area contributed by atoms with Crippen LogP contribution >= 0.6 is 0 Å². The highest BCUT2D eigenvalue weighted by Crippen LogP contribution is 2.39. The van der Waals surface area contributed by atoms with Crippen LogP contribution in [-0.4, -0.2) is 45.9 Å². The van der Waals surface area contributed by atoms with Gasteiger partial charge in [0.2, 0.25) is 0 Å². The second-order valence-electron chi connectivity index (χ2n) is 11.2. The molecule has 0 saturated carbocycles. The van der Waals surface area contributed by atoms with E-state index in [4.69, 9.17) is 9.47 Å². The molecule has 0 atom stereocenters. The summed E-state index contributed by atoms with van der Waals surface area (Å²) in [5.41, 5.74) is 0.625. The molecule has 1 amide bonds. The van der Waals surface area contributed by atoms with Crippen molar-refractivity contribution in [2.45, 2.75) is 46.8 Å². The number of pyridine rings is 1. The van der Waals surface area contributed by atoms with Gasteiger partial charge < -0.3 is 19.7 Å². The second kappa shape index (κ2) is 12.5. The predicted molar refractivity (Wildman–Crippen MR) is 164 cm³/mol. The van der Waals surface area contributed by atoms with Crippen molar-refractivity contribution >= 4 is 23.7 Å². The average molecular weight is 601 g/mol. The molecule has 2 N–H and O–H groups in total. The molecule has 1 heterocycles. The van der Waals surface area contributed by atoms with E-state index in [1.807, 2.05) is 6.92 Å². The summed E-state index contributed by atoms with van der Waals surface area (Å²) in [5.74, 6) is -2.83. The SMILES string of the molecule is COc1c(C)cnc(CN(C(=O)OC(C)(C)C)c2cc(-c3ccccc3C(=O)O)c(F)c(-c3ccccc3C(=O)O)c2)c1C. The van der Waals surface area contributed by atoms with Gasteiger partial charge in [0, 0.05) is 34.1 Å². The van der Waals surface area contributed by atoms with E-state index in [1.54, 1.807) is 46.0 Å². The number of carboxylic acid groups (broad SMARTS) is 2. The predicted octanol–water partition coefficient (Wildman–Crippen LogP) is 7.52. The van der Waals surface area contributed by atoms with Crippen LogP contribution < -0.4 is 9.64 Å². The molecule has 0 saturated heterocycles. The van der Waals surface area contributed by atoms with Gasteiger partial charge >= 0.3 is 18.0 Å². The van der Waals surface area contributed by atoms with E-state index >= 15 is 4.39 Å². The number of aryl methyl sites for hydroxylation is 1. The largest absolute Gasteiger partial charge is 0.496 e. The first-order valence-electron chi connectivity index (χ1n) is 13.7. The van der Waals surface area contributed by atoms with Gasteiger partial charge in [0.05, 0.1) is 30.5 Å². The molecule has 3 aromatic carbocycles. The Morgan fingerprint density at radius 2 is 1.36 bits per heavy atom. The fraction of sp³-hybridized carbons (Fsp3) is 0.235. The maximum atomic E-state index is 16.5. The van der Waals surface area contributed by atoms with Gasteiger partial charge in [0.25, 0.3) is 0 Å². The van der Waals surface area contributed by atoms with Crippen LogP contribution in [-0.2, 0) is 11.3 Å². The number of carboxylic acids is 2. The lowest BCUT2D eigenvalue weighted by Gasteiger charge is -2.29. The molecular formula is C34H33FN2O7. The first-order valence-corrected chi connectivity index (χ1v) is 13.7. The number of carbonyl (C=O) groups is 3. The van der Waals surface area contributed by atoms with Gasteiger partial charge in [-0.2, -0.15) is 0 Å². The third-order valence-corrected chi connectivity index (χ3v) is 6.94. The number of halogens is 1. The van der Waals surface area contributed by atoms with Gasteiger partial charge in [-0.1, -0.05) is 36.4 Å². The highest BCUT2D eigenvalue weighted by Gasteiger charge is 2.29. The zero-order valence-corrected chi connectivity index (χ0v) is 25.3. The van der Waals surface area contributed by atoms with E-state index in [1.165, 1.54) is 60.5 Å². The number of hydrogen-bond donors (Lipinski definition) is 2. The molecule has 0 aliphatic carbocycles. The molecule has 10 heteroatoms. The van der Waals surface area contributed by atoms with Crippen LogP contribution in [0.5, 0.6) is 5.75 Å². The maximum absolute atomic E-state index is 16.5. The van der Waals surface area contributed by atoms with Crippen molar-refractivity contribution in [3.8, 4) is 28.0 Å². The number of methoxy groups -OCH3 is 1. The molecule has 0 aliphatic rings. The van der Waals surface area contributed by atoms with Crippen molar-refractivity contribution in [1.82, 2.24) is 4.98 Å². The van der Waals surface area contributed by atoms with Crippen LogP contribution in [0.4, 0.5) is 14.9 Å². The lowest BCUT2D eigenvalue weighted by molar-refractivity contribution is 0.0575. The summed E-state index contributed by atoms with van der Waals surface area (Å²) in [6.07, 6.45) is 0.835. The molecule has 9 nitrogen and oxygen atoms in total. The lowest BCUT2D eigenvalue weighted by atomic mass is 9.92. The van der Waals surface area contributed by atoms with E-state index in [-0.39, 0.29) is 45.6 Å². The Balaban J connectivity index is 2.06. The van der Waals surface area contributed by atoms with Crippen molar-refractivity contribution in [1.29, 1.82) is 0 Å². The Morgan fingerprint density at radius 1 is 0.864 bits per heavy atom. The topological polar surface area (TPSA) is 126 Å².